The van der Waals surface area contributed by atoms with E-state index in [0.717, 1.165) is 6.07 Å². The van der Waals surface area contributed by atoms with Crippen molar-refractivity contribution in [3.8, 4) is 0 Å². The summed E-state index contributed by atoms with van der Waals surface area (Å²) in [6, 6.07) is 0.851. The highest BCUT2D eigenvalue weighted by Gasteiger charge is 2.24. The summed E-state index contributed by atoms with van der Waals surface area (Å²) < 4.78 is 42.7. The van der Waals surface area contributed by atoms with Gasteiger partial charge < -0.3 is 4.74 Å². The number of halogens is 3. The van der Waals surface area contributed by atoms with E-state index in [-0.39, 0.29) is 12.2 Å². The molecule has 0 unspecified atom stereocenters. The van der Waals surface area contributed by atoms with Gasteiger partial charge in [0.25, 0.3) is 6.43 Å². The Hall–Kier alpha value is -1.59. The first-order valence-corrected chi connectivity index (χ1v) is 4.59. The minimum Gasteiger partial charge on any atom is -0.461 e. The van der Waals surface area contributed by atoms with Gasteiger partial charge in [0, 0.05) is 0 Å². The van der Waals surface area contributed by atoms with Crippen LogP contribution >= 0.6 is 0 Å². The van der Waals surface area contributed by atoms with Crippen LogP contribution in [0.3, 0.4) is 0 Å². The summed E-state index contributed by atoms with van der Waals surface area (Å²) in [6.07, 6.45) is -2.90. The number of carbonyl (C=O) groups is 1. The van der Waals surface area contributed by atoms with Crippen molar-refractivity contribution in [3.05, 3.63) is 28.8 Å². The molecule has 0 fully saturated rings. The van der Waals surface area contributed by atoms with Crippen LogP contribution in [0.15, 0.2) is 6.07 Å². The van der Waals surface area contributed by atoms with E-state index >= 15 is 0 Å². The van der Waals surface area contributed by atoms with E-state index in [4.69, 9.17) is 0 Å². The Morgan fingerprint density at radius 3 is 2.69 bits per heavy atom. The molecule has 0 N–H and O–H groups in total. The van der Waals surface area contributed by atoms with Gasteiger partial charge in [0.1, 0.15) is 0 Å². The highest BCUT2D eigenvalue weighted by atomic mass is 19.3. The molecule has 0 saturated heterocycles. The van der Waals surface area contributed by atoms with Crippen LogP contribution in [0.2, 0.25) is 0 Å². The van der Waals surface area contributed by atoms with Crippen LogP contribution in [0.25, 0.3) is 0 Å². The molecule has 0 aromatic carbocycles. The summed E-state index contributed by atoms with van der Waals surface area (Å²) in [5.41, 5.74) is -1.26. The van der Waals surface area contributed by atoms with Gasteiger partial charge in [-0.3, -0.25) is 0 Å². The van der Waals surface area contributed by atoms with E-state index in [1.165, 1.54) is 13.8 Å². The van der Waals surface area contributed by atoms with E-state index in [1.807, 2.05) is 0 Å². The molecule has 0 aliphatic rings. The highest BCUT2D eigenvalue weighted by molar-refractivity contribution is 5.89. The second-order valence-corrected chi connectivity index (χ2v) is 3.05. The van der Waals surface area contributed by atoms with Gasteiger partial charge in [-0.15, -0.1) is 0 Å². The van der Waals surface area contributed by atoms with Crippen LogP contribution in [-0.2, 0) is 4.74 Å². The van der Waals surface area contributed by atoms with Crippen molar-refractivity contribution in [2.24, 2.45) is 0 Å². The molecule has 0 amide bonds. The third kappa shape index (κ3) is 2.50. The van der Waals surface area contributed by atoms with Gasteiger partial charge >= 0.3 is 5.97 Å². The standard InChI is InChI=1S/C10H10F3NO2/c1-3-16-10(15)8-7(9(12)13)5(2)4-6(11)14-8/h4,9H,3H2,1-2H3. The average Bonchev–Trinajstić information content (AvgIpc) is 2.15. The van der Waals surface area contributed by atoms with Crippen LogP contribution < -0.4 is 0 Å². The van der Waals surface area contributed by atoms with E-state index < -0.39 is 29.6 Å². The molecule has 0 aliphatic heterocycles. The predicted octanol–water partition coefficient (Wildman–Crippen LogP) is 2.64. The lowest BCUT2D eigenvalue weighted by atomic mass is 10.1. The molecule has 1 aromatic heterocycles. The molecule has 0 saturated carbocycles. The first kappa shape index (κ1) is 12.5. The van der Waals surface area contributed by atoms with E-state index in [1.54, 1.807) is 0 Å². The first-order valence-electron chi connectivity index (χ1n) is 4.59. The Labute approximate surface area is 90.2 Å². The largest absolute Gasteiger partial charge is 0.461 e. The predicted molar refractivity (Wildman–Crippen MR) is 49.8 cm³/mol. The van der Waals surface area contributed by atoms with Crippen molar-refractivity contribution >= 4 is 5.97 Å². The molecule has 1 rings (SSSR count). The first-order chi connectivity index (χ1) is 7.47. The number of esters is 1. The summed E-state index contributed by atoms with van der Waals surface area (Å²) in [5.74, 6) is -2.02. The van der Waals surface area contributed by atoms with Crippen molar-refractivity contribution in [1.82, 2.24) is 4.98 Å². The summed E-state index contributed by atoms with van der Waals surface area (Å²) in [6.45, 7) is 2.82. The maximum absolute atomic E-state index is 12.9. The number of aryl methyl sites for hydroxylation is 1. The second kappa shape index (κ2) is 4.96. The van der Waals surface area contributed by atoms with Gasteiger partial charge in [-0.25, -0.2) is 18.6 Å². The molecule has 0 spiro atoms. The monoisotopic (exact) mass is 233 g/mol. The normalized spacial score (nSPS) is 10.6. The van der Waals surface area contributed by atoms with Crippen LogP contribution in [0.4, 0.5) is 13.2 Å². The smallest absolute Gasteiger partial charge is 0.357 e. The fraction of sp³-hybridized carbons (Fsp3) is 0.400. The zero-order chi connectivity index (χ0) is 12.3. The minimum absolute atomic E-state index is 0.0127. The highest BCUT2D eigenvalue weighted by Crippen LogP contribution is 2.26. The van der Waals surface area contributed by atoms with Gasteiger partial charge in [-0.05, 0) is 25.5 Å². The quantitative estimate of drug-likeness (QED) is 0.595. The number of hydrogen-bond donors (Lipinski definition) is 0. The molecular weight excluding hydrogens is 223 g/mol. The van der Waals surface area contributed by atoms with Gasteiger partial charge in [0.05, 0.1) is 12.2 Å². The van der Waals surface area contributed by atoms with Crippen molar-refractivity contribution < 1.29 is 22.7 Å². The van der Waals surface area contributed by atoms with Crippen LogP contribution in [0, 0.1) is 12.9 Å². The number of hydrogen-bond acceptors (Lipinski definition) is 3. The zero-order valence-corrected chi connectivity index (χ0v) is 8.76. The topological polar surface area (TPSA) is 39.2 Å². The number of rotatable bonds is 3. The number of pyridine rings is 1. The van der Waals surface area contributed by atoms with Crippen molar-refractivity contribution in [1.29, 1.82) is 0 Å². The average molecular weight is 233 g/mol. The molecule has 6 heteroatoms. The number of ether oxygens (including phenoxy) is 1. The molecule has 88 valence electrons. The lowest BCUT2D eigenvalue weighted by Gasteiger charge is -2.10. The lowest BCUT2D eigenvalue weighted by Crippen LogP contribution is -2.13. The molecule has 1 heterocycles. The van der Waals surface area contributed by atoms with Crippen LogP contribution in [0.1, 0.15) is 35.0 Å². The van der Waals surface area contributed by atoms with Gasteiger partial charge in [-0.2, -0.15) is 4.39 Å². The second-order valence-electron chi connectivity index (χ2n) is 3.05. The Kier molecular flexibility index (Phi) is 3.87. The third-order valence-corrected chi connectivity index (χ3v) is 1.92. The molecule has 0 aliphatic carbocycles. The Morgan fingerprint density at radius 2 is 2.19 bits per heavy atom. The van der Waals surface area contributed by atoms with Crippen LogP contribution in [0.5, 0.6) is 0 Å². The summed E-state index contributed by atoms with van der Waals surface area (Å²) in [4.78, 5) is 14.4. The Bertz CT molecular complexity index is 407. The molecule has 0 atom stereocenters. The van der Waals surface area contributed by atoms with E-state index in [2.05, 4.69) is 9.72 Å². The number of carbonyl (C=O) groups excluding carboxylic acids is 1. The molecule has 0 radical (unpaired) electrons. The number of alkyl halides is 2. The van der Waals surface area contributed by atoms with Gasteiger partial charge in [0.15, 0.2) is 5.69 Å². The third-order valence-electron chi connectivity index (χ3n) is 1.92. The van der Waals surface area contributed by atoms with E-state index in [0.29, 0.717) is 0 Å². The molecule has 0 bridgehead atoms. The van der Waals surface area contributed by atoms with Crippen molar-refractivity contribution in [2.45, 2.75) is 20.3 Å². The molecule has 1 aromatic rings. The summed E-state index contributed by atoms with van der Waals surface area (Å²) >= 11 is 0. The summed E-state index contributed by atoms with van der Waals surface area (Å²) in [7, 11) is 0. The Balaban J connectivity index is 3.29. The van der Waals surface area contributed by atoms with Crippen molar-refractivity contribution in [3.63, 3.8) is 0 Å². The maximum Gasteiger partial charge on any atom is 0.357 e. The molecule has 3 nitrogen and oxygen atoms in total. The fourth-order valence-corrected chi connectivity index (χ4v) is 1.27. The minimum atomic E-state index is -2.90. The lowest BCUT2D eigenvalue weighted by molar-refractivity contribution is 0.0505. The van der Waals surface area contributed by atoms with E-state index in [9.17, 15) is 18.0 Å². The zero-order valence-electron chi connectivity index (χ0n) is 8.76. The van der Waals surface area contributed by atoms with Gasteiger partial charge in [0.2, 0.25) is 5.95 Å². The molecule has 16 heavy (non-hydrogen) atoms. The van der Waals surface area contributed by atoms with Gasteiger partial charge in [-0.1, -0.05) is 0 Å². The SMILES string of the molecule is CCOC(=O)c1nc(F)cc(C)c1C(F)F. The number of nitrogens with zero attached hydrogens (tertiary/aromatic N) is 1. The fourth-order valence-electron chi connectivity index (χ4n) is 1.27. The number of aromatic nitrogens is 1. The molecular formula is C10H10F3NO2. The Morgan fingerprint density at radius 1 is 1.56 bits per heavy atom. The summed E-state index contributed by atoms with van der Waals surface area (Å²) in [5, 5.41) is 0. The maximum atomic E-state index is 12.9. The van der Waals surface area contributed by atoms with Crippen LogP contribution in [-0.4, -0.2) is 17.6 Å². The van der Waals surface area contributed by atoms with Crippen molar-refractivity contribution in [2.75, 3.05) is 6.61 Å².